The third-order valence-electron chi connectivity index (χ3n) is 3.69. The molecular weight excluding hydrogens is 338 g/mol. The summed E-state index contributed by atoms with van der Waals surface area (Å²) in [5.74, 6) is -0.731. The van der Waals surface area contributed by atoms with Crippen LogP contribution in [0.25, 0.3) is 6.08 Å². The van der Waals surface area contributed by atoms with E-state index in [-0.39, 0.29) is 17.7 Å². The molecule has 1 aliphatic rings. The highest BCUT2D eigenvalue weighted by atomic mass is 32.2. The number of imide groups is 1. The molecule has 0 bridgehead atoms. The molecule has 25 heavy (non-hydrogen) atoms. The van der Waals surface area contributed by atoms with E-state index < -0.39 is 5.97 Å². The van der Waals surface area contributed by atoms with Crippen LogP contribution >= 0.6 is 11.8 Å². The van der Waals surface area contributed by atoms with Crippen molar-refractivity contribution < 1.29 is 19.1 Å². The lowest BCUT2D eigenvalue weighted by Gasteiger charge is -2.12. The SMILES string of the molecule is COC(=O)c1ccc(/C=C2\SC(=O)N(Cc3ccccc3)C2=O)cc1. The predicted octanol–water partition coefficient (Wildman–Crippen LogP) is 3.71. The zero-order valence-corrected chi connectivity index (χ0v) is 14.3. The van der Waals surface area contributed by atoms with Crippen LogP contribution in [0.5, 0.6) is 0 Å². The molecule has 1 heterocycles. The molecule has 1 aliphatic heterocycles. The Balaban J connectivity index is 1.77. The first-order chi connectivity index (χ1) is 12.1. The predicted molar refractivity (Wildman–Crippen MR) is 95.7 cm³/mol. The van der Waals surface area contributed by atoms with Gasteiger partial charge in [-0.3, -0.25) is 14.5 Å². The maximum atomic E-state index is 12.5. The van der Waals surface area contributed by atoms with Crippen LogP contribution in [0.15, 0.2) is 59.5 Å². The van der Waals surface area contributed by atoms with Crippen molar-refractivity contribution in [1.29, 1.82) is 0 Å². The van der Waals surface area contributed by atoms with Crippen LogP contribution in [-0.2, 0) is 16.1 Å². The van der Waals surface area contributed by atoms with Crippen molar-refractivity contribution in [1.82, 2.24) is 4.90 Å². The lowest BCUT2D eigenvalue weighted by atomic mass is 10.1. The van der Waals surface area contributed by atoms with Gasteiger partial charge in [-0.05, 0) is 41.1 Å². The van der Waals surface area contributed by atoms with Gasteiger partial charge in [-0.25, -0.2) is 4.79 Å². The first kappa shape index (κ1) is 17.0. The number of ether oxygens (including phenoxy) is 1. The topological polar surface area (TPSA) is 63.7 Å². The molecule has 0 spiro atoms. The van der Waals surface area contributed by atoms with Crippen LogP contribution in [0.1, 0.15) is 21.5 Å². The van der Waals surface area contributed by atoms with Crippen LogP contribution in [0.2, 0.25) is 0 Å². The Hall–Kier alpha value is -2.86. The van der Waals surface area contributed by atoms with Crippen LogP contribution in [0.3, 0.4) is 0 Å². The van der Waals surface area contributed by atoms with Gasteiger partial charge in [0.15, 0.2) is 0 Å². The van der Waals surface area contributed by atoms with Crippen LogP contribution in [0.4, 0.5) is 4.79 Å². The first-order valence-electron chi connectivity index (χ1n) is 7.56. The average molecular weight is 353 g/mol. The van der Waals surface area contributed by atoms with E-state index in [4.69, 9.17) is 0 Å². The first-order valence-corrected chi connectivity index (χ1v) is 8.38. The number of methoxy groups -OCH3 is 1. The van der Waals surface area contributed by atoms with Gasteiger partial charge < -0.3 is 4.74 Å². The molecule has 0 aliphatic carbocycles. The fourth-order valence-corrected chi connectivity index (χ4v) is 3.23. The minimum atomic E-state index is -0.422. The summed E-state index contributed by atoms with van der Waals surface area (Å²) in [5.41, 5.74) is 2.06. The number of nitrogens with zero attached hydrogens (tertiary/aromatic N) is 1. The van der Waals surface area contributed by atoms with E-state index in [0.717, 1.165) is 22.9 Å². The molecule has 0 unspecified atom stereocenters. The monoisotopic (exact) mass is 353 g/mol. The molecular formula is C19H15NO4S. The lowest BCUT2D eigenvalue weighted by molar-refractivity contribution is -0.123. The molecule has 5 nitrogen and oxygen atoms in total. The number of benzene rings is 2. The van der Waals surface area contributed by atoms with Crippen LogP contribution in [-0.4, -0.2) is 29.1 Å². The minimum absolute atomic E-state index is 0.254. The Bertz CT molecular complexity index is 843. The minimum Gasteiger partial charge on any atom is -0.465 e. The van der Waals surface area contributed by atoms with E-state index in [1.54, 1.807) is 30.3 Å². The van der Waals surface area contributed by atoms with Crippen LogP contribution < -0.4 is 0 Å². The second kappa shape index (κ2) is 7.36. The van der Waals surface area contributed by atoms with Gasteiger partial charge in [0.1, 0.15) is 0 Å². The van der Waals surface area contributed by atoms with Crippen molar-refractivity contribution in [3.8, 4) is 0 Å². The van der Waals surface area contributed by atoms with Crippen molar-refractivity contribution >= 4 is 35.0 Å². The van der Waals surface area contributed by atoms with E-state index in [1.807, 2.05) is 30.3 Å². The van der Waals surface area contributed by atoms with Gasteiger partial charge in [0, 0.05) is 0 Å². The molecule has 0 aromatic heterocycles. The van der Waals surface area contributed by atoms with Crippen molar-refractivity contribution in [3.63, 3.8) is 0 Å². The summed E-state index contributed by atoms with van der Waals surface area (Å²) in [6.45, 7) is 0.254. The summed E-state index contributed by atoms with van der Waals surface area (Å²) in [4.78, 5) is 37.7. The Labute approximate surface area is 149 Å². The second-order valence-corrected chi connectivity index (χ2v) is 6.36. The number of esters is 1. The molecule has 3 rings (SSSR count). The smallest absolute Gasteiger partial charge is 0.337 e. The molecule has 2 amide bonds. The van der Waals surface area contributed by atoms with Crippen molar-refractivity contribution in [2.75, 3.05) is 7.11 Å². The zero-order valence-electron chi connectivity index (χ0n) is 13.5. The van der Waals surface area contributed by atoms with E-state index in [9.17, 15) is 14.4 Å². The molecule has 2 aromatic rings. The zero-order chi connectivity index (χ0) is 17.8. The molecule has 0 atom stereocenters. The summed E-state index contributed by atoms with van der Waals surface area (Å²) in [6.07, 6.45) is 1.65. The van der Waals surface area contributed by atoms with E-state index in [2.05, 4.69) is 4.74 Å². The standard InChI is InChI=1S/C19H15NO4S/c1-24-18(22)15-9-7-13(8-10-15)11-16-17(21)20(19(23)25-16)12-14-5-3-2-4-6-14/h2-11H,12H2,1H3/b16-11-. The Morgan fingerprint density at radius 1 is 1.08 bits per heavy atom. The van der Waals surface area contributed by atoms with E-state index in [0.29, 0.717) is 10.5 Å². The molecule has 6 heteroatoms. The highest BCUT2D eigenvalue weighted by Gasteiger charge is 2.34. The van der Waals surface area contributed by atoms with E-state index >= 15 is 0 Å². The van der Waals surface area contributed by atoms with Crippen molar-refractivity contribution in [3.05, 3.63) is 76.2 Å². The lowest BCUT2D eigenvalue weighted by Crippen LogP contribution is -2.27. The van der Waals surface area contributed by atoms with Crippen molar-refractivity contribution in [2.45, 2.75) is 6.54 Å². The molecule has 1 saturated heterocycles. The van der Waals surface area contributed by atoms with Gasteiger partial charge in [-0.1, -0.05) is 42.5 Å². The Kier molecular flexibility index (Phi) is 5.00. The van der Waals surface area contributed by atoms with Gasteiger partial charge in [-0.2, -0.15) is 0 Å². The van der Waals surface area contributed by atoms with E-state index in [1.165, 1.54) is 12.0 Å². The molecule has 0 N–H and O–H groups in total. The summed E-state index contributed by atoms with van der Waals surface area (Å²) in [7, 11) is 1.32. The Morgan fingerprint density at radius 2 is 1.76 bits per heavy atom. The van der Waals surface area contributed by atoms with Gasteiger partial charge in [0.2, 0.25) is 0 Å². The number of carbonyl (C=O) groups is 3. The average Bonchev–Trinajstić information content (AvgIpc) is 2.90. The number of thioether (sulfide) groups is 1. The van der Waals surface area contributed by atoms with Gasteiger partial charge in [-0.15, -0.1) is 0 Å². The van der Waals surface area contributed by atoms with Gasteiger partial charge in [0.25, 0.3) is 11.1 Å². The maximum Gasteiger partial charge on any atom is 0.337 e. The van der Waals surface area contributed by atoms with Crippen molar-refractivity contribution in [2.24, 2.45) is 0 Å². The summed E-state index contributed by atoms with van der Waals surface area (Å²) < 4.78 is 4.65. The largest absolute Gasteiger partial charge is 0.465 e. The summed E-state index contributed by atoms with van der Waals surface area (Å²) in [5, 5.41) is -0.286. The second-order valence-electron chi connectivity index (χ2n) is 5.37. The quantitative estimate of drug-likeness (QED) is 0.619. The number of hydrogen-bond acceptors (Lipinski definition) is 5. The third-order valence-corrected chi connectivity index (χ3v) is 4.59. The normalized spacial score (nSPS) is 15.7. The van der Waals surface area contributed by atoms with Gasteiger partial charge >= 0.3 is 5.97 Å². The summed E-state index contributed by atoms with van der Waals surface area (Å²) in [6, 6.07) is 16.0. The maximum absolute atomic E-state index is 12.5. The molecule has 1 fully saturated rings. The molecule has 2 aromatic carbocycles. The molecule has 0 saturated carbocycles. The molecule has 126 valence electrons. The fraction of sp³-hybridized carbons (Fsp3) is 0.105. The third kappa shape index (κ3) is 3.80. The summed E-state index contributed by atoms with van der Waals surface area (Å²) >= 11 is 0.918. The van der Waals surface area contributed by atoms with Crippen LogP contribution in [0, 0.1) is 0 Å². The highest BCUT2D eigenvalue weighted by Crippen LogP contribution is 2.33. The highest BCUT2D eigenvalue weighted by molar-refractivity contribution is 8.18. The number of carbonyl (C=O) groups excluding carboxylic acids is 3. The van der Waals surface area contributed by atoms with Gasteiger partial charge in [0.05, 0.1) is 24.1 Å². The number of rotatable bonds is 4. The number of amides is 2. The molecule has 0 radical (unpaired) electrons. The Morgan fingerprint density at radius 3 is 2.40 bits per heavy atom. The number of hydrogen-bond donors (Lipinski definition) is 0. The fourth-order valence-electron chi connectivity index (χ4n) is 2.39.